The fourth-order valence-electron chi connectivity index (χ4n) is 0.689. The van der Waals surface area contributed by atoms with Crippen LogP contribution in [0.5, 0.6) is 0 Å². The molecule has 0 aliphatic heterocycles. The molecule has 0 radical (unpaired) electrons. The first-order chi connectivity index (χ1) is 3.94. The molecule has 5 heteroatoms. The van der Waals surface area contributed by atoms with Crippen LogP contribution >= 0.6 is 0 Å². The van der Waals surface area contributed by atoms with E-state index in [0.29, 0.717) is 0 Å². The normalized spacial score (nSPS) is 42.8. The Morgan fingerprint density at radius 2 is 1.56 bits per heavy atom. The zero-order valence-corrected chi connectivity index (χ0v) is 5.53. The molecule has 54 valence electrons. The van der Waals surface area contributed by atoms with Gasteiger partial charge >= 0.3 is 0 Å². The van der Waals surface area contributed by atoms with Gasteiger partial charge in [0.15, 0.2) is 22.2 Å². The summed E-state index contributed by atoms with van der Waals surface area (Å²) in [5.41, 5.74) is 0. The van der Waals surface area contributed by atoms with Gasteiger partial charge in [0.2, 0.25) is 0 Å². The molecule has 2 nitrogen and oxygen atoms in total. The van der Waals surface area contributed by atoms with E-state index < -0.39 is 27.4 Å². The SMILES string of the molecule is CS(=O)(=O)C1C(F)C1F. The van der Waals surface area contributed by atoms with Crippen LogP contribution in [-0.2, 0) is 9.84 Å². The second-order valence-corrected chi connectivity index (χ2v) is 4.39. The van der Waals surface area contributed by atoms with Crippen LogP contribution in [0.2, 0.25) is 0 Å². The molecule has 0 N–H and O–H groups in total. The number of alkyl halides is 2. The van der Waals surface area contributed by atoms with Crippen molar-refractivity contribution in [1.82, 2.24) is 0 Å². The van der Waals surface area contributed by atoms with E-state index >= 15 is 0 Å². The molecule has 0 aromatic carbocycles. The predicted molar refractivity (Wildman–Crippen MR) is 28.4 cm³/mol. The predicted octanol–water partition coefficient (Wildman–Crippen LogP) is 0.0894. The molecular weight excluding hydrogens is 150 g/mol. The van der Waals surface area contributed by atoms with Crippen molar-refractivity contribution >= 4 is 9.84 Å². The van der Waals surface area contributed by atoms with Crippen LogP contribution < -0.4 is 0 Å². The highest BCUT2D eigenvalue weighted by Crippen LogP contribution is 2.35. The zero-order chi connectivity index (χ0) is 7.23. The van der Waals surface area contributed by atoms with Crippen molar-refractivity contribution in [2.75, 3.05) is 6.26 Å². The lowest BCUT2D eigenvalue weighted by Gasteiger charge is -1.86. The average Bonchev–Trinajstić information content (AvgIpc) is 2.11. The molecule has 1 rings (SSSR count). The van der Waals surface area contributed by atoms with Crippen molar-refractivity contribution in [2.45, 2.75) is 17.6 Å². The third-order valence-electron chi connectivity index (χ3n) is 1.29. The third-order valence-corrected chi connectivity index (χ3v) is 2.79. The van der Waals surface area contributed by atoms with Crippen molar-refractivity contribution in [2.24, 2.45) is 0 Å². The second-order valence-electron chi connectivity index (χ2n) is 2.18. The van der Waals surface area contributed by atoms with E-state index in [0.717, 1.165) is 6.26 Å². The summed E-state index contributed by atoms with van der Waals surface area (Å²) in [6.07, 6.45) is -2.72. The summed E-state index contributed by atoms with van der Waals surface area (Å²) in [5, 5.41) is -1.38. The van der Waals surface area contributed by atoms with E-state index in [9.17, 15) is 17.2 Å². The Kier molecular flexibility index (Phi) is 1.27. The Hall–Kier alpha value is -0.190. The van der Waals surface area contributed by atoms with Gasteiger partial charge in [-0.05, 0) is 0 Å². The van der Waals surface area contributed by atoms with Gasteiger partial charge in [-0.15, -0.1) is 0 Å². The Morgan fingerprint density at radius 3 is 1.56 bits per heavy atom. The topological polar surface area (TPSA) is 34.1 Å². The van der Waals surface area contributed by atoms with Gasteiger partial charge in [-0.2, -0.15) is 0 Å². The van der Waals surface area contributed by atoms with Crippen LogP contribution in [0.25, 0.3) is 0 Å². The molecule has 9 heavy (non-hydrogen) atoms. The van der Waals surface area contributed by atoms with Gasteiger partial charge in [0.05, 0.1) is 0 Å². The summed E-state index contributed by atoms with van der Waals surface area (Å²) >= 11 is 0. The molecule has 0 aromatic rings. The summed E-state index contributed by atoms with van der Waals surface area (Å²) in [4.78, 5) is 0. The molecule has 0 aromatic heterocycles. The summed E-state index contributed by atoms with van der Waals surface area (Å²) in [6.45, 7) is 0. The van der Waals surface area contributed by atoms with Crippen LogP contribution in [0.15, 0.2) is 0 Å². The maximum Gasteiger partial charge on any atom is 0.156 e. The Morgan fingerprint density at radius 1 is 1.22 bits per heavy atom. The van der Waals surface area contributed by atoms with Gasteiger partial charge in [0, 0.05) is 6.26 Å². The number of sulfone groups is 1. The van der Waals surface area contributed by atoms with Crippen LogP contribution in [0, 0.1) is 0 Å². The molecule has 0 amide bonds. The molecule has 1 fully saturated rings. The first-order valence-electron chi connectivity index (χ1n) is 2.41. The lowest BCUT2D eigenvalue weighted by Crippen LogP contribution is -2.07. The van der Waals surface area contributed by atoms with Crippen molar-refractivity contribution in [3.8, 4) is 0 Å². The summed E-state index contributed by atoms with van der Waals surface area (Å²) < 4.78 is 44.5. The van der Waals surface area contributed by atoms with Gasteiger partial charge in [0.1, 0.15) is 5.25 Å². The highest BCUT2D eigenvalue weighted by molar-refractivity contribution is 7.91. The highest BCUT2D eigenvalue weighted by atomic mass is 32.2. The number of rotatable bonds is 1. The maximum atomic E-state index is 11.9. The van der Waals surface area contributed by atoms with E-state index in [2.05, 4.69) is 0 Å². The lowest BCUT2D eigenvalue weighted by atomic mass is 10.9. The fraction of sp³-hybridized carbons (Fsp3) is 1.00. The van der Waals surface area contributed by atoms with Gasteiger partial charge in [-0.3, -0.25) is 0 Å². The first kappa shape index (κ1) is 6.92. The molecule has 1 saturated carbocycles. The highest BCUT2D eigenvalue weighted by Gasteiger charge is 2.59. The van der Waals surface area contributed by atoms with Crippen molar-refractivity contribution in [3.63, 3.8) is 0 Å². The summed E-state index contributed by atoms with van der Waals surface area (Å²) in [7, 11) is -3.48. The Bertz CT molecular complexity index is 203. The average molecular weight is 156 g/mol. The number of halogens is 2. The molecule has 0 bridgehead atoms. The van der Waals surface area contributed by atoms with Gasteiger partial charge in [0.25, 0.3) is 0 Å². The quantitative estimate of drug-likeness (QED) is 0.539. The summed E-state index contributed by atoms with van der Waals surface area (Å²) in [5.74, 6) is 0. The molecule has 0 heterocycles. The molecule has 0 saturated heterocycles. The molecule has 2 atom stereocenters. The monoisotopic (exact) mass is 156 g/mol. The van der Waals surface area contributed by atoms with Crippen molar-refractivity contribution in [3.05, 3.63) is 0 Å². The van der Waals surface area contributed by atoms with Crippen LogP contribution in [-0.4, -0.2) is 32.3 Å². The van der Waals surface area contributed by atoms with Crippen LogP contribution in [0.3, 0.4) is 0 Å². The number of hydrogen-bond donors (Lipinski definition) is 0. The number of hydrogen-bond acceptors (Lipinski definition) is 2. The largest absolute Gasteiger partial charge is 0.243 e. The Balaban J connectivity index is 2.72. The molecule has 2 unspecified atom stereocenters. The molecule has 0 spiro atoms. The maximum absolute atomic E-state index is 11.9. The smallest absolute Gasteiger partial charge is 0.156 e. The van der Waals surface area contributed by atoms with Crippen molar-refractivity contribution in [1.29, 1.82) is 0 Å². The van der Waals surface area contributed by atoms with E-state index in [1.807, 2.05) is 0 Å². The zero-order valence-electron chi connectivity index (χ0n) is 4.71. The fourth-order valence-corrected chi connectivity index (χ4v) is 1.84. The van der Waals surface area contributed by atoms with E-state index in [-0.39, 0.29) is 0 Å². The minimum atomic E-state index is -3.48. The van der Waals surface area contributed by atoms with Gasteiger partial charge in [-0.25, -0.2) is 17.2 Å². The van der Waals surface area contributed by atoms with E-state index in [1.165, 1.54) is 0 Å². The standard InChI is InChI=1S/C4H6F2O2S/c1-9(7,8)4-2(5)3(4)6/h2-4H,1H3. The minimum absolute atomic E-state index is 0.837. The molecular formula is C4H6F2O2S. The molecule has 1 aliphatic carbocycles. The minimum Gasteiger partial charge on any atom is -0.243 e. The lowest BCUT2D eigenvalue weighted by molar-refractivity contribution is 0.372. The van der Waals surface area contributed by atoms with E-state index in [4.69, 9.17) is 0 Å². The van der Waals surface area contributed by atoms with Crippen LogP contribution in [0.1, 0.15) is 0 Å². The summed E-state index contributed by atoms with van der Waals surface area (Å²) in [6, 6.07) is 0. The van der Waals surface area contributed by atoms with Crippen molar-refractivity contribution < 1.29 is 17.2 Å². The van der Waals surface area contributed by atoms with Gasteiger partial charge in [-0.1, -0.05) is 0 Å². The van der Waals surface area contributed by atoms with Gasteiger partial charge < -0.3 is 0 Å². The third kappa shape index (κ3) is 1.05. The van der Waals surface area contributed by atoms with E-state index in [1.54, 1.807) is 0 Å². The molecule has 1 aliphatic rings. The second kappa shape index (κ2) is 1.65. The van der Waals surface area contributed by atoms with Crippen LogP contribution in [0.4, 0.5) is 8.78 Å². The first-order valence-corrected chi connectivity index (χ1v) is 4.37. The Labute approximate surface area is 51.8 Å².